The van der Waals surface area contributed by atoms with Gasteiger partial charge in [-0.3, -0.25) is 0 Å². The highest BCUT2D eigenvalue weighted by atomic mass is 16.5. The van der Waals surface area contributed by atoms with E-state index in [-0.39, 0.29) is 11.0 Å². The Bertz CT molecular complexity index is 453. The van der Waals surface area contributed by atoms with Crippen molar-refractivity contribution in [2.24, 2.45) is 5.73 Å². The van der Waals surface area contributed by atoms with Gasteiger partial charge in [0.1, 0.15) is 5.75 Å². The Balaban J connectivity index is 2.62. The summed E-state index contributed by atoms with van der Waals surface area (Å²) in [7, 11) is 1.76. The van der Waals surface area contributed by atoms with Gasteiger partial charge in [0.05, 0.1) is 7.11 Å². The lowest BCUT2D eigenvalue weighted by atomic mass is 9.70. The van der Waals surface area contributed by atoms with Crippen LogP contribution in [0.4, 0.5) is 0 Å². The van der Waals surface area contributed by atoms with Gasteiger partial charge < -0.3 is 10.5 Å². The summed E-state index contributed by atoms with van der Waals surface area (Å²) in [6.07, 6.45) is 3.35. The molecule has 0 spiro atoms. The second kappa shape index (κ2) is 4.27. The van der Waals surface area contributed by atoms with Crippen molar-refractivity contribution in [3.63, 3.8) is 0 Å². The minimum Gasteiger partial charge on any atom is -0.496 e. The number of aryl methyl sites for hydroxylation is 1. The van der Waals surface area contributed by atoms with Crippen molar-refractivity contribution in [3.05, 3.63) is 28.8 Å². The zero-order valence-electron chi connectivity index (χ0n) is 12.3. The van der Waals surface area contributed by atoms with Crippen LogP contribution in [0.5, 0.6) is 5.75 Å². The van der Waals surface area contributed by atoms with Crippen molar-refractivity contribution in [1.29, 1.82) is 0 Å². The molecule has 0 radical (unpaired) electrons. The first-order chi connectivity index (χ1) is 8.28. The molecular formula is C16H25NO. The van der Waals surface area contributed by atoms with Crippen LogP contribution in [0, 0.1) is 6.92 Å². The fourth-order valence-corrected chi connectivity index (χ4v) is 2.75. The Hall–Kier alpha value is -1.02. The first-order valence-electron chi connectivity index (χ1n) is 6.76. The van der Waals surface area contributed by atoms with Crippen LogP contribution >= 0.6 is 0 Å². The monoisotopic (exact) mass is 247 g/mol. The Morgan fingerprint density at radius 1 is 1.22 bits per heavy atom. The lowest BCUT2D eigenvalue weighted by Gasteiger charge is -2.40. The summed E-state index contributed by atoms with van der Waals surface area (Å²) in [5.74, 6) is 0.996. The molecule has 1 saturated carbocycles. The second-order valence-corrected chi connectivity index (χ2v) is 6.65. The molecule has 0 saturated heterocycles. The zero-order valence-corrected chi connectivity index (χ0v) is 12.3. The SMILES string of the molecule is COc1c(C(C)(C)C)cc(C)cc1C1(N)CCC1. The molecule has 2 rings (SSSR count). The fraction of sp³-hybridized carbons (Fsp3) is 0.625. The van der Waals surface area contributed by atoms with E-state index in [4.69, 9.17) is 10.5 Å². The van der Waals surface area contributed by atoms with E-state index in [1.165, 1.54) is 23.1 Å². The molecule has 0 aliphatic heterocycles. The van der Waals surface area contributed by atoms with Gasteiger partial charge in [-0.15, -0.1) is 0 Å². The molecule has 1 aromatic carbocycles. The number of benzene rings is 1. The third-order valence-corrected chi connectivity index (χ3v) is 4.03. The van der Waals surface area contributed by atoms with E-state index >= 15 is 0 Å². The molecule has 100 valence electrons. The standard InChI is InChI=1S/C16H25NO/c1-11-9-12(15(2,3)4)14(18-5)13(10-11)16(17)7-6-8-16/h9-10H,6-8,17H2,1-5H3. The number of hydrogen-bond acceptors (Lipinski definition) is 2. The van der Waals surface area contributed by atoms with Gasteiger partial charge in [-0.25, -0.2) is 0 Å². The first-order valence-corrected chi connectivity index (χ1v) is 6.76. The van der Waals surface area contributed by atoms with Crippen LogP contribution < -0.4 is 10.5 Å². The topological polar surface area (TPSA) is 35.2 Å². The highest BCUT2D eigenvalue weighted by Crippen LogP contribution is 2.46. The number of rotatable bonds is 2. The van der Waals surface area contributed by atoms with Gasteiger partial charge in [0.15, 0.2) is 0 Å². The predicted octanol–water partition coefficient (Wildman–Crippen LogP) is 3.64. The van der Waals surface area contributed by atoms with Crippen LogP contribution in [-0.4, -0.2) is 7.11 Å². The quantitative estimate of drug-likeness (QED) is 0.866. The third-order valence-electron chi connectivity index (χ3n) is 4.03. The van der Waals surface area contributed by atoms with Gasteiger partial charge in [0.25, 0.3) is 0 Å². The normalized spacial score (nSPS) is 18.3. The third kappa shape index (κ3) is 2.14. The van der Waals surface area contributed by atoms with E-state index in [1.807, 2.05) is 0 Å². The predicted molar refractivity (Wildman–Crippen MR) is 76.1 cm³/mol. The molecule has 0 amide bonds. The van der Waals surface area contributed by atoms with E-state index in [0.29, 0.717) is 0 Å². The van der Waals surface area contributed by atoms with Crippen LogP contribution in [0.3, 0.4) is 0 Å². The maximum atomic E-state index is 6.50. The molecular weight excluding hydrogens is 222 g/mol. The summed E-state index contributed by atoms with van der Waals surface area (Å²) in [6, 6.07) is 4.43. The Morgan fingerprint density at radius 3 is 2.22 bits per heavy atom. The van der Waals surface area contributed by atoms with Crippen molar-refractivity contribution in [2.45, 2.75) is 57.9 Å². The van der Waals surface area contributed by atoms with Crippen LogP contribution in [-0.2, 0) is 11.0 Å². The molecule has 0 unspecified atom stereocenters. The lowest BCUT2D eigenvalue weighted by Crippen LogP contribution is -2.43. The van der Waals surface area contributed by atoms with Crippen LogP contribution in [0.15, 0.2) is 12.1 Å². The molecule has 2 N–H and O–H groups in total. The average molecular weight is 247 g/mol. The van der Waals surface area contributed by atoms with E-state index in [1.54, 1.807) is 7.11 Å². The second-order valence-electron chi connectivity index (χ2n) is 6.65. The van der Waals surface area contributed by atoms with Crippen molar-refractivity contribution in [2.75, 3.05) is 7.11 Å². The zero-order chi connectivity index (χ0) is 13.6. The summed E-state index contributed by atoms with van der Waals surface area (Å²) in [5.41, 5.74) is 10.1. The van der Waals surface area contributed by atoms with Gasteiger partial charge >= 0.3 is 0 Å². The van der Waals surface area contributed by atoms with Crippen LogP contribution in [0.25, 0.3) is 0 Å². The molecule has 0 aromatic heterocycles. The number of nitrogens with two attached hydrogens (primary N) is 1. The molecule has 0 heterocycles. The van der Waals surface area contributed by atoms with E-state index in [0.717, 1.165) is 18.6 Å². The lowest BCUT2D eigenvalue weighted by molar-refractivity contribution is 0.242. The molecule has 0 atom stereocenters. The molecule has 1 fully saturated rings. The maximum Gasteiger partial charge on any atom is 0.127 e. The van der Waals surface area contributed by atoms with Crippen molar-refractivity contribution in [3.8, 4) is 5.75 Å². The molecule has 2 nitrogen and oxygen atoms in total. The number of hydrogen-bond donors (Lipinski definition) is 1. The Kier molecular flexibility index (Phi) is 3.18. The van der Waals surface area contributed by atoms with Gasteiger partial charge in [-0.1, -0.05) is 38.5 Å². The molecule has 18 heavy (non-hydrogen) atoms. The van der Waals surface area contributed by atoms with Gasteiger partial charge in [0.2, 0.25) is 0 Å². The van der Waals surface area contributed by atoms with Crippen LogP contribution in [0.1, 0.15) is 56.7 Å². The van der Waals surface area contributed by atoms with Crippen molar-refractivity contribution < 1.29 is 4.74 Å². The summed E-state index contributed by atoms with van der Waals surface area (Å²) >= 11 is 0. The summed E-state index contributed by atoms with van der Waals surface area (Å²) < 4.78 is 5.70. The van der Waals surface area contributed by atoms with E-state index < -0.39 is 0 Å². The van der Waals surface area contributed by atoms with Gasteiger partial charge in [-0.05, 0) is 31.6 Å². The van der Waals surface area contributed by atoms with Gasteiger partial charge in [-0.2, -0.15) is 0 Å². The molecule has 1 aromatic rings. The highest BCUT2D eigenvalue weighted by Gasteiger charge is 2.38. The van der Waals surface area contributed by atoms with Crippen molar-refractivity contribution in [1.82, 2.24) is 0 Å². The van der Waals surface area contributed by atoms with Crippen molar-refractivity contribution >= 4 is 0 Å². The summed E-state index contributed by atoms with van der Waals surface area (Å²) in [4.78, 5) is 0. The fourth-order valence-electron chi connectivity index (χ4n) is 2.75. The average Bonchev–Trinajstić information content (AvgIpc) is 2.23. The smallest absolute Gasteiger partial charge is 0.127 e. The largest absolute Gasteiger partial charge is 0.496 e. The molecule has 0 bridgehead atoms. The first kappa shape index (κ1) is 13.4. The van der Waals surface area contributed by atoms with Gasteiger partial charge in [0, 0.05) is 16.7 Å². The van der Waals surface area contributed by atoms with Crippen LogP contribution in [0.2, 0.25) is 0 Å². The Labute approximate surface area is 111 Å². The molecule has 1 aliphatic rings. The minimum atomic E-state index is -0.169. The van der Waals surface area contributed by atoms with E-state index in [9.17, 15) is 0 Å². The van der Waals surface area contributed by atoms with E-state index in [2.05, 4.69) is 39.8 Å². The summed E-state index contributed by atoms with van der Waals surface area (Å²) in [5, 5.41) is 0. The Morgan fingerprint density at radius 2 is 1.83 bits per heavy atom. The number of ether oxygens (including phenoxy) is 1. The minimum absolute atomic E-state index is 0.0756. The summed E-state index contributed by atoms with van der Waals surface area (Å²) in [6.45, 7) is 8.80. The molecule has 2 heteroatoms. The maximum absolute atomic E-state index is 6.50. The number of methoxy groups -OCH3 is 1. The molecule has 1 aliphatic carbocycles. The highest BCUT2D eigenvalue weighted by molar-refractivity contribution is 5.51.